The number of carboxylic acids is 1. The van der Waals surface area contributed by atoms with E-state index in [1.807, 2.05) is 0 Å². The number of aromatic carboxylic acids is 1. The molecule has 1 rings (SSSR count). The van der Waals surface area contributed by atoms with Gasteiger partial charge in [0, 0.05) is 6.07 Å². The van der Waals surface area contributed by atoms with Gasteiger partial charge in [-0.2, -0.15) is 0 Å². The van der Waals surface area contributed by atoms with E-state index in [2.05, 4.69) is 4.74 Å². The summed E-state index contributed by atoms with van der Waals surface area (Å²) < 4.78 is 36.3. The number of carbonyl (C=O) groups is 1. The first-order valence-corrected chi connectivity index (χ1v) is 4.45. The monoisotopic (exact) mass is 232 g/mol. The van der Waals surface area contributed by atoms with Crippen molar-refractivity contribution in [2.24, 2.45) is 0 Å². The van der Waals surface area contributed by atoms with Gasteiger partial charge >= 0.3 is 5.97 Å². The lowest BCUT2D eigenvalue weighted by atomic mass is 10.1. The van der Waals surface area contributed by atoms with E-state index in [1.54, 1.807) is 6.92 Å². The lowest BCUT2D eigenvalue weighted by molar-refractivity contribution is 0.0684. The van der Waals surface area contributed by atoms with Crippen LogP contribution in [0.15, 0.2) is 6.07 Å². The quantitative estimate of drug-likeness (QED) is 0.863. The molecule has 0 atom stereocenters. The van der Waals surface area contributed by atoms with Crippen LogP contribution >= 0.6 is 0 Å². The molecule has 1 aromatic rings. The van der Waals surface area contributed by atoms with Crippen molar-refractivity contribution in [3.63, 3.8) is 0 Å². The molecule has 0 heterocycles. The lowest BCUT2D eigenvalue weighted by Crippen LogP contribution is -2.09. The first-order valence-electron chi connectivity index (χ1n) is 4.45. The van der Waals surface area contributed by atoms with E-state index in [0.29, 0.717) is 0 Å². The summed E-state index contributed by atoms with van der Waals surface area (Å²) in [6.45, 7) is 1.72. The van der Waals surface area contributed by atoms with E-state index in [0.717, 1.165) is 13.2 Å². The van der Waals surface area contributed by atoms with Crippen molar-refractivity contribution in [2.75, 3.05) is 13.7 Å². The average molecular weight is 232 g/mol. The number of benzene rings is 1. The fourth-order valence-electron chi connectivity index (χ4n) is 1.19. The molecule has 4 nitrogen and oxygen atoms in total. The summed E-state index contributed by atoms with van der Waals surface area (Å²) in [5.41, 5.74) is -1.08. The highest BCUT2D eigenvalue weighted by molar-refractivity contribution is 5.89. The molecule has 0 bridgehead atoms. The van der Waals surface area contributed by atoms with Crippen molar-refractivity contribution < 1.29 is 28.2 Å². The molecule has 1 N–H and O–H groups in total. The molecule has 0 fully saturated rings. The third-order valence-corrected chi connectivity index (χ3v) is 1.87. The topological polar surface area (TPSA) is 55.8 Å². The first-order chi connectivity index (χ1) is 7.52. The Balaban J connectivity index is 3.45. The number of methoxy groups -OCH3 is 1. The fraction of sp³-hybridized carbons (Fsp3) is 0.300. The molecule has 0 saturated carbocycles. The molecular formula is C10H10F2O4. The molecule has 0 unspecified atom stereocenters. The zero-order valence-electron chi connectivity index (χ0n) is 8.71. The zero-order valence-corrected chi connectivity index (χ0v) is 8.71. The second-order valence-electron chi connectivity index (χ2n) is 2.82. The van der Waals surface area contributed by atoms with E-state index >= 15 is 0 Å². The van der Waals surface area contributed by atoms with Gasteiger partial charge in [0.1, 0.15) is 5.56 Å². The SMILES string of the molecule is CCOc1cc(OC)c(F)c(C(=O)O)c1F. The second-order valence-corrected chi connectivity index (χ2v) is 2.82. The van der Waals surface area contributed by atoms with Crippen LogP contribution in [0, 0.1) is 11.6 Å². The molecule has 0 radical (unpaired) electrons. The number of carboxylic acid groups (broad SMARTS) is 1. The Morgan fingerprint density at radius 2 is 1.94 bits per heavy atom. The third kappa shape index (κ3) is 2.05. The van der Waals surface area contributed by atoms with Crippen molar-refractivity contribution in [2.45, 2.75) is 6.92 Å². The van der Waals surface area contributed by atoms with Crippen molar-refractivity contribution >= 4 is 5.97 Å². The summed E-state index contributed by atoms with van der Waals surface area (Å²) in [6, 6.07) is 0.973. The Morgan fingerprint density at radius 3 is 2.38 bits per heavy atom. The summed E-state index contributed by atoms with van der Waals surface area (Å²) in [5, 5.41) is 8.67. The predicted molar refractivity (Wildman–Crippen MR) is 51.0 cm³/mol. The second kappa shape index (κ2) is 4.78. The molecule has 0 aliphatic heterocycles. The van der Waals surface area contributed by atoms with Crippen LogP contribution in [0.2, 0.25) is 0 Å². The van der Waals surface area contributed by atoms with E-state index in [4.69, 9.17) is 9.84 Å². The van der Waals surface area contributed by atoms with E-state index in [9.17, 15) is 13.6 Å². The van der Waals surface area contributed by atoms with Gasteiger partial charge in [-0.3, -0.25) is 0 Å². The highest BCUT2D eigenvalue weighted by Crippen LogP contribution is 2.31. The van der Waals surface area contributed by atoms with Gasteiger partial charge in [0.15, 0.2) is 23.1 Å². The number of hydrogen-bond donors (Lipinski definition) is 1. The van der Waals surface area contributed by atoms with Crippen LogP contribution in [-0.2, 0) is 0 Å². The van der Waals surface area contributed by atoms with Crippen LogP contribution in [0.1, 0.15) is 17.3 Å². The number of halogens is 2. The largest absolute Gasteiger partial charge is 0.494 e. The van der Waals surface area contributed by atoms with Crippen molar-refractivity contribution in [3.05, 3.63) is 23.3 Å². The first kappa shape index (κ1) is 12.2. The Bertz CT molecular complexity index is 418. The Labute approximate surface area is 90.4 Å². The van der Waals surface area contributed by atoms with Gasteiger partial charge in [-0.25, -0.2) is 13.6 Å². The van der Waals surface area contributed by atoms with E-state index < -0.39 is 23.2 Å². The maximum Gasteiger partial charge on any atom is 0.342 e. The summed E-state index contributed by atoms with van der Waals surface area (Å²) in [5.74, 6) is -4.93. The molecule has 16 heavy (non-hydrogen) atoms. The van der Waals surface area contributed by atoms with Gasteiger partial charge < -0.3 is 14.6 Å². The minimum atomic E-state index is -1.71. The van der Waals surface area contributed by atoms with Crippen LogP contribution in [0.5, 0.6) is 11.5 Å². The molecule has 0 spiro atoms. The summed E-state index contributed by atoms with van der Waals surface area (Å²) in [7, 11) is 1.15. The molecule has 1 aromatic carbocycles. The molecule has 0 aliphatic rings. The highest BCUT2D eigenvalue weighted by Gasteiger charge is 2.25. The van der Waals surface area contributed by atoms with Crippen molar-refractivity contribution in [1.29, 1.82) is 0 Å². The molecule has 0 aliphatic carbocycles. The van der Waals surface area contributed by atoms with Crippen LogP contribution in [0.25, 0.3) is 0 Å². The van der Waals surface area contributed by atoms with Gasteiger partial charge in [-0.15, -0.1) is 0 Å². The lowest BCUT2D eigenvalue weighted by Gasteiger charge is -2.10. The van der Waals surface area contributed by atoms with Gasteiger partial charge in [0.05, 0.1) is 13.7 Å². The molecule has 0 aromatic heterocycles. The Morgan fingerprint density at radius 1 is 1.38 bits per heavy atom. The maximum absolute atomic E-state index is 13.5. The van der Waals surface area contributed by atoms with Crippen LogP contribution in [0.4, 0.5) is 8.78 Å². The average Bonchev–Trinajstić information content (AvgIpc) is 2.22. The summed E-state index contributed by atoms with van der Waals surface area (Å²) in [6.07, 6.45) is 0. The van der Waals surface area contributed by atoms with Crippen molar-refractivity contribution in [1.82, 2.24) is 0 Å². The zero-order chi connectivity index (χ0) is 12.3. The Hall–Kier alpha value is -1.85. The number of rotatable bonds is 4. The molecule has 0 saturated heterocycles. The molecule has 6 heteroatoms. The summed E-state index contributed by atoms with van der Waals surface area (Å²) >= 11 is 0. The predicted octanol–water partition coefficient (Wildman–Crippen LogP) is 2.07. The van der Waals surface area contributed by atoms with Gasteiger partial charge in [0.2, 0.25) is 0 Å². The normalized spacial score (nSPS) is 10.0. The smallest absolute Gasteiger partial charge is 0.342 e. The Kier molecular flexibility index (Phi) is 3.65. The highest BCUT2D eigenvalue weighted by atomic mass is 19.1. The molecule has 0 amide bonds. The minimum absolute atomic E-state index is 0.130. The fourth-order valence-corrected chi connectivity index (χ4v) is 1.19. The maximum atomic E-state index is 13.5. The van der Waals surface area contributed by atoms with Crippen LogP contribution in [-0.4, -0.2) is 24.8 Å². The van der Waals surface area contributed by atoms with Crippen LogP contribution in [0.3, 0.4) is 0 Å². The number of hydrogen-bond acceptors (Lipinski definition) is 3. The molecule has 88 valence electrons. The van der Waals surface area contributed by atoms with Crippen LogP contribution < -0.4 is 9.47 Å². The van der Waals surface area contributed by atoms with Gasteiger partial charge in [-0.1, -0.05) is 0 Å². The summed E-state index contributed by atoms with van der Waals surface area (Å²) in [4.78, 5) is 10.7. The van der Waals surface area contributed by atoms with Crippen molar-refractivity contribution in [3.8, 4) is 11.5 Å². The molecular weight excluding hydrogens is 222 g/mol. The minimum Gasteiger partial charge on any atom is -0.494 e. The van der Waals surface area contributed by atoms with Gasteiger partial charge in [0.25, 0.3) is 0 Å². The standard InChI is InChI=1S/C10H10F2O4/c1-3-16-6-4-5(15-2)8(11)7(9(6)12)10(13)14/h4H,3H2,1-2H3,(H,13,14). The van der Waals surface area contributed by atoms with E-state index in [-0.39, 0.29) is 18.1 Å². The third-order valence-electron chi connectivity index (χ3n) is 1.87. The number of ether oxygens (including phenoxy) is 2. The van der Waals surface area contributed by atoms with E-state index in [1.165, 1.54) is 0 Å². The van der Waals surface area contributed by atoms with Gasteiger partial charge in [-0.05, 0) is 6.92 Å².